The molecule has 0 aromatic heterocycles. The molecule has 1 saturated carbocycles. The Morgan fingerprint density at radius 2 is 1.55 bits per heavy atom. The highest BCUT2D eigenvalue weighted by atomic mass is 16.1. The number of rotatable bonds is 3. The lowest BCUT2D eigenvalue weighted by atomic mass is 9.65. The largest absolute Gasteiger partial charge is 0.292 e. The fraction of sp³-hybridized carbons (Fsp3) is 0.222. The molecule has 2 aromatic rings. The normalized spacial score (nSPS) is 15.9. The van der Waals surface area contributed by atoms with Crippen molar-refractivity contribution in [3.8, 4) is 17.2 Å². The molecular formula is C18H15NO. The summed E-state index contributed by atoms with van der Waals surface area (Å²) in [5, 5.41) is 9.23. The van der Waals surface area contributed by atoms with Crippen molar-refractivity contribution in [2.45, 2.75) is 19.3 Å². The molecule has 0 spiro atoms. The second-order valence-corrected chi connectivity index (χ2v) is 5.32. The lowest BCUT2D eigenvalue weighted by Crippen LogP contribution is -2.36. The number of Topliss-reactive ketones (excluding diaryl/α,β-unsaturated/α-hetero) is 1. The van der Waals surface area contributed by atoms with E-state index in [0.29, 0.717) is 18.4 Å². The predicted molar refractivity (Wildman–Crippen MR) is 78.1 cm³/mol. The van der Waals surface area contributed by atoms with Gasteiger partial charge in [-0.15, -0.1) is 0 Å². The highest BCUT2D eigenvalue weighted by Gasteiger charge is 2.44. The first kappa shape index (κ1) is 12.6. The SMILES string of the molecule is N#CC1(C(=O)c2ccc(-c3ccccc3)cc2)CCC1. The minimum atomic E-state index is -0.756. The van der Waals surface area contributed by atoms with E-state index >= 15 is 0 Å². The van der Waals surface area contributed by atoms with Gasteiger partial charge in [0.15, 0.2) is 5.78 Å². The zero-order valence-corrected chi connectivity index (χ0v) is 11.2. The van der Waals surface area contributed by atoms with Crippen LogP contribution in [-0.2, 0) is 0 Å². The third-order valence-electron chi connectivity index (χ3n) is 4.11. The summed E-state index contributed by atoms with van der Waals surface area (Å²) < 4.78 is 0. The Kier molecular flexibility index (Phi) is 3.12. The monoisotopic (exact) mass is 261 g/mol. The molecule has 0 saturated heterocycles. The topological polar surface area (TPSA) is 40.9 Å². The summed E-state index contributed by atoms with van der Waals surface area (Å²) >= 11 is 0. The van der Waals surface area contributed by atoms with Gasteiger partial charge in [-0.1, -0.05) is 54.6 Å². The van der Waals surface area contributed by atoms with Crippen LogP contribution in [0.4, 0.5) is 0 Å². The molecule has 0 radical (unpaired) electrons. The molecule has 0 heterocycles. The van der Waals surface area contributed by atoms with Crippen molar-refractivity contribution in [3.63, 3.8) is 0 Å². The van der Waals surface area contributed by atoms with E-state index in [2.05, 4.69) is 6.07 Å². The zero-order chi connectivity index (χ0) is 14.0. The van der Waals surface area contributed by atoms with Gasteiger partial charge in [-0.2, -0.15) is 5.26 Å². The molecule has 1 fully saturated rings. The fourth-order valence-electron chi connectivity index (χ4n) is 2.64. The van der Waals surface area contributed by atoms with Crippen molar-refractivity contribution < 1.29 is 4.79 Å². The summed E-state index contributed by atoms with van der Waals surface area (Å²) in [5.74, 6) is -0.0224. The third kappa shape index (κ3) is 2.02. The maximum absolute atomic E-state index is 12.4. The maximum atomic E-state index is 12.4. The molecule has 0 amide bonds. The highest BCUT2D eigenvalue weighted by molar-refractivity contribution is 6.03. The minimum absolute atomic E-state index is 0.0224. The van der Waals surface area contributed by atoms with Crippen molar-refractivity contribution in [3.05, 3.63) is 60.2 Å². The van der Waals surface area contributed by atoms with Gasteiger partial charge < -0.3 is 0 Å². The lowest BCUT2D eigenvalue weighted by Gasteiger charge is -2.33. The van der Waals surface area contributed by atoms with Crippen LogP contribution in [0.2, 0.25) is 0 Å². The van der Waals surface area contributed by atoms with Gasteiger partial charge in [0.1, 0.15) is 5.41 Å². The third-order valence-corrected chi connectivity index (χ3v) is 4.11. The van der Waals surface area contributed by atoms with Gasteiger partial charge in [-0.3, -0.25) is 4.79 Å². The summed E-state index contributed by atoms with van der Waals surface area (Å²) in [5.41, 5.74) is 2.10. The standard InChI is InChI=1S/C18H15NO/c19-13-18(11-4-12-18)17(20)16-9-7-15(8-10-16)14-5-2-1-3-6-14/h1-3,5-10H,4,11-12H2. The summed E-state index contributed by atoms with van der Waals surface area (Å²) in [4.78, 5) is 12.4. The maximum Gasteiger partial charge on any atom is 0.183 e. The molecule has 1 aliphatic rings. The van der Waals surface area contributed by atoms with Crippen LogP contribution in [0.3, 0.4) is 0 Å². The number of carbonyl (C=O) groups excluding carboxylic acids is 1. The molecule has 2 nitrogen and oxygen atoms in total. The number of hydrogen-bond acceptors (Lipinski definition) is 2. The second-order valence-electron chi connectivity index (χ2n) is 5.32. The van der Waals surface area contributed by atoms with Crippen LogP contribution < -0.4 is 0 Å². The Morgan fingerprint density at radius 3 is 2.05 bits per heavy atom. The van der Waals surface area contributed by atoms with Crippen LogP contribution in [0.1, 0.15) is 29.6 Å². The van der Waals surface area contributed by atoms with Crippen LogP contribution in [0.5, 0.6) is 0 Å². The van der Waals surface area contributed by atoms with Gasteiger partial charge in [0.05, 0.1) is 6.07 Å². The van der Waals surface area contributed by atoms with E-state index in [1.54, 1.807) is 0 Å². The Labute approximate surface area is 118 Å². The molecule has 2 heteroatoms. The molecule has 1 aliphatic carbocycles. The highest BCUT2D eigenvalue weighted by Crippen LogP contribution is 2.43. The molecule has 20 heavy (non-hydrogen) atoms. The Morgan fingerprint density at radius 1 is 0.950 bits per heavy atom. The van der Waals surface area contributed by atoms with Crippen LogP contribution in [0, 0.1) is 16.7 Å². The van der Waals surface area contributed by atoms with E-state index < -0.39 is 5.41 Å². The van der Waals surface area contributed by atoms with E-state index in [1.807, 2.05) is 54.6 Å². The number of ketones is 1. The van der Waals surface area contributed by atoms with Gasteiger partial charge in [0, 0.05) is 5.56 Å². The zero-order valence-electron chi connectivity index (χ0n) is 11.2. The molecule has 0 aliphatic heterocycles. The van der Waals surface area contributed by atoms with E-state index in [1.165, 1.54) is 0 Å². The molecule has 0 atom stereocenters. The summed E-state index contributed by atoms with van der Waals surface area (Å²) in [6.45, 7) is 0. The fourth-order valence-corrected chi connectivity index (χ4v) is 2.64. The minimum Gasteiger partial charge on any atom is -0.292 e. The summed E-state index contributed by atoms with van der Waals surface area (Å²) in [6, 6.07) is 19.8. The van der Waals surface area contributed by atoms with Crippen LogP contribution in [0.15, 0.2) is 54.6 Å². The molecule has 98 valence electrons. The predicted octanol–water partition coefficient (Wildman–Crippen LogP) is 4.23. The van der Waals surface area contributed by atoms with Crippen molar-refractivity contribution in [1.82, 2.24) is 0 Å². The number of nitrogens with zero attached hydrogens (tertiary/aromatic N) is 1. The first-order valence-corrected chi connectivity index (χ1v) is 6.87. The quantitative estimate of drug-likeness (QED) is 0.776. The average Bonchev–Trinajstić information content (AvgIpc) is 2.48. The molecule has 0 N–H and O–H groups in total. The van der Waals surface area contributed by atoms with Crippen molar-refractivity contribution in [2.75, 3.05) is 0 Å². The Balaban J connectivity index is 1.87. The summed E-state index contributed by atoms with van der Waals surface area (Å²) in [7, 11) is 0. The first-order valence-electron chi connectivity index (χ1n) is 6.87. The van der Waals surface area contributed by atoms with Crippen molar-refractivity contribution >= 4 is 5.78 Å². The Hall–Kier alpha value is -2.40. The Bertz CT molecular complexity index is 661. The van der Waals surface area contributed by atoms with Crippen molar-refractivity contribution in [2.24, 2.45) is 5.41 Å². The van der Waals surface area contributed by atoms with Gasteiger partial charge in [-0.05, 0) is 30.4 Å². The van der Waals surface area contributed by atoms with Crippen LogP contribution in [0.25, 0.3) is 11.1 Å². The second kappa shape index (κ2) is 4.94. The van der Waals surface area contributed by atoms with E-state index in [9.17, 15) is 10.1 Å². The van der Waals surface area contributed by atoms with Crippen LogP contribution >= 0.6 is 0 Å². The van der Waals surface area contributed by atoms with E-state index in [0.717, 1.165) is 17.5 Å². The number of carbonyl (C=O) groups is 1. The molecule has 0 unspecified atom stereocenters. The number of hydrogen-bond donors (Lipinski definition) is 0. The molecule has 0 bridgehead atoms. The lowest BCUT2D eigenvalue weighted by molar-refractivity contribution is 0.0748. The average molecular weight is 261 g/mol. The van der Waals surface area contributed by atoms with E-state index in [4.69, 9.17) is 0 Å². The number of nitriles is 1. The number of benzene rings is 2. The summed E-state index contributed by atoms with van der Waals surface area (Å²) in [6.07, 6.45) is 2.37. The van der Waals surface area contributed by atoms with Gasteiger partial charge in [-0.25, -0.2) is 0 Å². The van der Waals surface area contributed by atoms with Gasteiger partial charge in [0.25, 0.3) is 0 Å². The van der Waals surface area contributed by atoms with Crippen LogP contribution in [-0.4, -0.2) is 5.78 Å². The van der Waals surface area contributed by atoms with Gasteiger partial charge in [0.2, 0.25) is 0 Å². The molecular weight excluding hydrogens is 246 g/mol. The van der Waals surface area contributed by atoms with Gasteiger partial charge >= 0.3 is 0 Å². The first-order chi connectivity index (χ1) is 9.75. The smallest absolute Gasteiger partial charge is 0.183 e. The molecule has 3 rings (SSSR count). The van der Waals surface area contributed by atoms with Crippen molar-refractivity contribution in [1.29, 1.82) is 5.26 Å². The van der Waals surface area contributed by atoms with E-state index in [-0.39, 0.29) is 5.78 Å². The molecule has 2 aromatic carbocycles.